The summed E-state index contributed by atoms with van der Waals surface area (Å²) in [5.74, 6) is -0.182. The Balaban J connectivity index is 1.74. The van der Waals surface area contributed by atoms with E-state index in [1.807, 2.05) is 54.8 Å². The second-order valence-corrected chi connectivity index (χ2v) is 6.68. The van der Waals surface area contributed by atoms with E-state index in [2.05, 4.69) is 21.7 Å². The number of nitrogens with zero attached hydrogens (tertiary/aromatic N) is 2. The standard InChI is InChI=1S/C21H18N4OS/c1-15-14-27-21(25-15)17(11-22)13-23-19-10-6-5-9-18(19)20(26)24-12-16-7-3-2-4-8-16/h2-10,13-14,23H,12H2,1H3,(H,24,26)/b17-13+. The van der Waals surface area contributed by atoms with Crippen LogP contribution in [0.25, 0.3) is 5.57 Å². The molecule has 0 unspecified atom stereocenters. The molecule has 0 saturated heterocycles. The predicted octanol–water partition coefficient (Wildman–Crippen LogP) is 4.36. The van der Waals surface area contributed by atoms with Crippen molar-refractivity contribution in [2.45, 2.75) is 13.5 Å². The van der Waals surface area contributed by atoms with Crippen molar-refractivity contribution in [3.05, 3.63) is 88.0 Å². The SMILES string of the molecule is Cc1csc(/C(C#N)=C/Nc2ccccc2C(=O)NCc2ccccc2)n1. The van der Waals surface area contributed by atoms with Crippen LogP contribution in [0.5, 0.6) is 0 Å². The van der Waals surface area contributed by atoms with Crippen LogP contribution in [0.2, 0.25) is 0 Å². The van der Waals surface area contributed by atoms with Crippen molar-refractivity contribution in [3.63, 3.8) is 0 Å². The van der Waals surface area contributed by atoms with Crippen LogP contribution in [0.4, 0.5) is 5.69 Å². The monoisotopic (exact) mass is 374 g/mol. The first-order chi connectivity index (χ1) is 13.2. The van der Waals surface area contributed by atoms with Crippen molar-refractivity contribution >= 4 is 28.5 Å². The van der Waals surface area contributed by atoms with E-state index in [9.17, 15) is 10.1 Å². The molecule has 0 aliphatic carbocycles. The third-order valence-corrected chi connectivity index (χ3v) is 4.80. The summed E-state index contributed by atoms with van der Waals surface area (Å²) in [6.07, 6.45) is 1.58. The van der Waals surface area contributed by atoms with Crippen molar-refractivity contribution in [2.24, 2.45) is 0 Å². The molecule has 0 aliphatic rings. The van der Waals surface area contributed by atoms with Gasteiger partial charge in [0.25, 0.3) is 5.91 Å². The summed E-state index contributed by atoms with van der Waals surface area (Å²) in [5.41, 5.74) is 3.47. The summed E-state index contributed by atoms with van der Waals surface area (Å²) in [6, 6.07) is 19.1. The number of rotatable bonds is 6. The maximum Gasteiger partial charge on any atom is 0.253 e. The molecular formula is C21H18N4OS. The number of benzene rings is 2. The number of amides is 1. The number of allylic oxidation sites excluding steroid dienone is 1. The summed E-state index contributed by atoms with van der Waals surface area (Å²) < 4.78 is 0. The highest BCUT2D eigenvalue weighted by Gasteiger charge is 2.11. The van der Waals surface area contributed by atoms with E-state index >= 15 is 0 Å². The Labute approximate surface area is 162 Å². The molecule has 2 aromatic carbocycles. The van der Waals surface area contributed by atoms with E-state index in [1.54, 1.807) is 18.3 Å². The number of aromatic nitrogens is 1. The van der Waals surface area contributed by atoms with Crippen LogP contribution in [0.1, 0.15) is 26.6 Å². The number of hydrogen-bond donors (Lipinski definition) is 2. The van der Waals surface area contributed by atoms with Gasteiger partial charge in [0.05, 0.1) is 11.3 Å². The molecule has 0 aliphatic heterocycles. The zero-order valence-electron chi connectivity index (χ0n) is 14.8. The van der Waals surface area contributed by atoms with E-state index in [0.29, 0.717) is 28.4 Å². The third kappa shape index (κ3) is 4.81. The van der Waals surface area contributed by atoms with Crippen LogP contribution in [0.15, 0.2) is 66.2 Å². The van der Waals surface area contributed by atoms with Gasteiger partial charge in [0.15, 0.2) is 0 Å². The van der Waals surface area contributed by atoms with Crippen LogP contribution in [-0.2, 0) is 6.54 Å². The number of aryl methyl sites for hydroxylation is 1. The fraction of sp³-hybridized carbons (Fsp3) is 0.0952. The largest absolute Gasteiger partial charge is 0.360 e. The molecule has 2 N–H and O–H groups in total. The molecule has 134 valence electrons. The Hall–Kier alpha value is -3.43. The van der Waals surface area contributed by atoms with Gasteiger partial charge in [-0.3, -0.25) is 4.79 Å². The van der Waals surface area contributed by atoms with Crippen LogP contribution < -0.4 is 10.6 Å². The molecule has 5 nitrogen and oxygen atoms in total. The van der Waals surface area contributed by atoms with Crippen molar-refractivity contribution in [3.8, 4) is 6.07 Å². The summed E-state index contributed by atoms with van der Waals surface area (Å²) in [5, 5.41) is 17.9. The Morgan fingerprint density at radius 3 is 2.63 bits per heavy atom. The summed E-state index contributed by atoms with van der Waals surface area (Å²) in [4.78, 5) is 16.9. The van der Waals surface area contributed by atoms with E-state index in [4.69, 9.17) is 0 Å². The Morgan fingerprint density at radius 1 is 1.19 bits per heavy atom. The van der Waals surface area contributed by atoms with Gasteiger partial charge in [-0.1, -0.05) is 42.5 Å². The van der Waals surface area contributed by atoms with E-state index in [1.165, 1.54) is 11.3 Å². The van der Waals surface area contributed by atoms with Gasteiger partial charge in [0.1, 0.15) is 16.6 Å². The lowest BCUT2D eigenvalue weighted by Crippen LogP contribution is -2.23. The number of para-hydroxylation sites is 1. The lowest BCUT2D eigenvalue weighted by molar-refractivity contribution is 0.0951. The van der Waals surface area contributed by atoms with Crippen molar-refractivity contribution in [2.75, 3.05) is 5.32 Å². The maximum absolute atomic E-state index is 12.6. The molecule has 0 atom stereocenters. The fourth-order valence-electron chi connectivity index (χ4n) is 2.45. The minimum Gasteiger partial charge on any atom is -0.360 e. The lowest BCUT2D eigenvalue weighted by atomic mass is 10.1. The zero-order chi connectivity index (χ0) is 19.1. The highest BCUT2D eigenvalue weighted by Crippen LogP contribution is 2.20. The molecule has 27 heavy (non-hydrogen) atoms. The molecule has 0 bridgehead atoms. The summed E-state index contributed by atoms with van der Waals surface area (Å²) in [6.45, 7) is 2.33. The number of anilines is 1. The maximum atomic E-state index is 12.6. The first kappa shape index (κ1) is 18.4. The van der Waals surface area contributed by atoms with Crippen molar-refractivity contribution in [1.82, 2.24) is 10.3 Å². The first-order valence-corrected chi connectivity index (χ1v) is 9.26. The Bertz CT molecular complexity index is 1000. The number of carbonyl (C=O) groups is 1. The molecule has 3 rings (SSSR count). The Kier molecular flexibility index (Phi) is 5.98. The van der Waals surface area contributed by atoms with Gasteiger partial charge in [0.2, 0.25) is 0 Å². The van der Waals surface area contributed by atoms with Gasteiger partial charge in [-0.2, -0.15) is 5.26 Å². The third-order valence-electron chi connectivity index (χ3n) is 3.81. The van der Waals surface area contributed by atoms with Crippen molar-refractivity contribution in [1.29, 1.82) is 5.26 Å². The van der Waals surface area contributed by atoms with Crippen LogP contribution in [-0.4, -0.2) is 10.9 Å². The molecule has 0 fully saturated rings. The molecule has 0 radical (unpaired) electrons. The quantitative estimate of drug-likeness (QED) is 0.629. The van der Waals surface area contributed by atoms with Crippen LogP contribution >= 0.6 is 11.3 Å². The van der Waals surface area contributed by atoms with Crippen LogP contribution in [0.3, 0.4) is 0 Å². The van der Waals surface area contributed by atoms with Gasteiger partial charge in [0, 0.05) is 23.8 Å². The second kappa shape index (κ2) is 8.79. The molecule has 1 aromatic heterocycles. The normalized spacial score (nSPS) is 10.9. The number of nitriles is 1. The van der Waals surface area contributed by atoms with Gasteiger partial charge >= 0.3 is 0 Å². The van der Waals surface area contributed by atoms with Gasteiger partial charge < -0.3 is 10.6 Å². The van der Waals surface area contributed by atoms with Gasteiger partial charge in [-0.25, -0.2) is 4.98 Å². The lowest BCUT2D eigenvalue weighted by Gasteiger charge is -2.10. The predicted molar refractivity (Wildman–Crippen MR) is 108 cm³/mol. The molecule has 0 spiro atoms. The molecule has 1 heterocycles. The molecule has 1 amide bonds. The highest BCUT2D eigenvalue weighted by atomic mass is 32.1. The van der Waals surface area contributed by atoms with Crippen molar-refractivity contribution < 1.29 is 4.79 Å². The zero-order valence-corrected chi connectivity index (χ0v) is 15.6. The number of thiazole rings is 1. The van der Waals surface area contributed by atoms with E-state index in [0.717, 1.165) is 11.3 Å². The minimum atomic E-state index is -0.182. The average Bonchev–Trinajstić information content (AvgIpc) is 3.14. The summed E-state index contributed by atoms with van der Waals surface area (Å²) >= 11 is 1.41. The number of carbonyl (C=O) groups excluding carboxylic acids is 1. The molecule has 0 saturated carbocycles. The molecule has 3 aromatic rings. The van der Waals surface area contributed by atoms with E-state index in [-0.39, 0.29) is 5.91 Å². The topological polar surface area (TPSA) is 77.8 Å². The minimum absolute atomic E-state index is 0.182. The molecule has 6 heteroatoms. The summed E-state index contributed by atoms with van der Waals surface area (Å²) in [7, 11) is 0. The van der Waals surface area contributed by atoms with Gasteiger partial charge in [-0.15, -0.1) is 11.3 Å². The fourth-order valence-corrected chi connectivity index (χ4v) is 3.21. The highest BCUT2D eigenvalue weighted by molar-refractivity contribution is 7.10. The first-order valence-electron chi connectivity index (χ1n) is 8.38. The average molecular weight is 374 g/mol. The smallest absolute Gasteiger partial charge is 0.253 e. The van der Waals surface area contributed by atoms with Crippen LogP contribution in [0, 0.1) is 18.3 Å². The second-order valence-electron chi connectivity index (χ2n) is 5.82. The Morgan fingerprint density at radius 2 is 1.93 bits per heavy atom. The number of hydrogen-bond acceptors (Lipinski definition) is 5. The number of nitrogens with one attached hydrogen (secondary N) is 2. The van der Waals surface area contributed by atoms with Gasteiger partial charge in [-0.05, 0) is 24.6 Å². The molecular weight excluding hydrogens is 356 g/mol. The van der Waals surface area contributed by atoms with E-state index < -0.39 is 0 Å².